The van der Waals surface area contributed by atoms with Crippen molar-refractivity contribution < 1.29 is 14.4 Å². The van der Waals surface area contributed by atoms with Gasteiger partial charge in [0.1, 0.15) is 17.2 Å². The zero-order chi connectivity index (χ0) is 27.6. The van der Waals surface area contributed by atoms with E-state index in [2.05, 4.69) is 16.4 Å². The molecule has 4 heterocycles. The van der Waals surface area contributed by atoms with Gasteiger partial charge < -0.3 is 10.2 Å². The highest BCUT2D eigenvalue weighted by Gasteiger charge is 2.70. The number of hydrogen-bond donors (Lipinski definition) is 1. The number of rotatable bonds is 4. The number of aromatic nitrogens is 1. The molecule has 0 unspecified atom stereocenters. The maximum absolute atomic E-state index is 14.6. The fraction of sp³-hybridized carbons (Fsp3) is 0.152. The third-order valence-electron chi connectivity index (χ3n) is 8.39. The molecule has 1 saturated heterocycles. The molecule has 196 valence electrons. The third kappa shape index (κ3) is 3.36. The van der Waals surface area contributed by atoms with E-state index < -0.39 is 23.4 Å². The predicted molar refractivity (Wildman–Crippen MR) is 155 cm³/mol. The quantitative estimate of drug-likeness (QED) is 0.323. The molecule has 0 bridgehead atoms. The maximum Gasteiger partial charge on any atom is 0.238 e. The number of ketones is 2. The summed E-state index contributed by atoms with van der Waals surface area (Å²) in [5.74, 6) is -1.97. The molecule has 1 spiro atoms. The van der Waals surface area contributed by atoms with E-state index in [1.54, 1.807) is 48.7 Å². The van der Waals surface area contributed by atoms with Gasteiger partial charge in [-0.3, -0.25) is 19.4 Å². The van der Waals surface area contributed by atoms with Crippen LogP contribution in [0.3, 0.4) is 0 Å². The molecule has 1 fully saturated rings. The van der Waals surface area contributed by atoms with Crippen molar-refractivity contribution in [2.75, 3.05) is 10.2 Å². The Bertz CT molecular complexity index is 1730. The summed E-state index contributed by atoms with van der Waals surface area (Å²) in [7, 11) is 0. The third-order valence-corrected chi connectivity index (χ3v) is 8.64. The molecule has 6 nitrogen and oxygen atoms in total. The average Bonchev–Trinajstić information content (AvgIpc) is 3.45. The normalized spacial score (nSPS) is 23.9. The molecule has 7 rings (SSSR count). The fourth-order valence-corrected chi connectivity index (χ4v) is 6.88. The van der Waals surface area contributed by atoms with Crippen LogP contribution < -0.4 is 10.2 Å². The number of carbonyl (C=O) groups excluding carboxylic acids is 3. The molecule has 1 amide bonds. The van der Waals surface area contributed by atoms with Gasteiger partial charge in [0.05, 0.1) is 12.0 Å². The molecule has 7 heteroatoms. The van der Waals surface area contributed by atoms with Gasteiger partial charge >= 0.3 is 0 Å². The lowest BCUT2D eigenvalue weighted by molar-refractivity contribution is -0.121. The van der Waals surface area contributed by atoms with E-state index >= 15 is 0 Å². The Balaban J connectivity index is 1.54. The van der Waals surface area contributed by atoms with Gasteiger partial charge in [0.25, 0.3) is 0 Å². The minimum atomic E-state index is -1.36. The van der Waals surface area contributed by atoms with Gasteiger partial charge in [-0.2, -0.15) is 0 Å². The van der Waals surface area contributed by atoms with Crippen LogP contribution in [0, 0.1) is 12.8 Å². The van der Waals surface area contributed by atoms with Crippen molar-refractivity contribution in [3.63, 3.8) is 0 Å². The molecule has 40 heavy (non-hydrogen) atoms. The molecular formula is C33H24ClN3O3. The van der Waals surface area contributed by atoms with Crippen molar-refractivity contribution in [3.05, 3.63) is 130 Å². The van der Waals surface area contributed by atoms with Crippen LogP contribution in [0.5, 0.6) is 0 Å². The van der Waals surface area contributed by atoms with Crippen LogP contribution in [0.2, 0.25) is 5.02 Å². The van der Waals surface area contributed by atoms with Crippen LogP contribution in [0.1, 0.15) is 37.5 Å². The summed E-state index contributed by atoms with van der Waals surface area (Å²) in [6.45, 7) is 2.01. The lowest BCUT2D eigenvalue weighted by Crippen LogP contribution is -2.51. The smallest absolute Gasteiger partial charge is 0.238 e. The maximum atomic E-state index is 14.6. The minimum Gasteiger partial charge on any atom is -0.352 e. The highest BCUT2D eigenvalue weighted by molar-refractivity contribution is 6.30. The van der Waals surface area contributed by atoms with Crippen molar-refractivity contribution in [2.24, 2.45) is 5.92 Å². The van der Waals surface area contributed by atoms with E-state index in [4.69, 9.17) is 11.6 Å². The highest BCUT2D eigenvalue weighted by atomic mass is 35.5. The molecule has 0 saturated carbocycles. The largest absolute Gasteiger partial charge is 0.352 e. The summed E-state index contributed by atoms with van der Waals surface area (Å²) in [6, 6.07) is 23.7. The number of hydrogen-bond acceptors (Lipinski definition) is 5. The lowest BCUT2D eigenvalue weighted by Gasteiger charge is -2.37. The number of fused-ring (bicyclic) bond motifs is 6. The Hall–Kier alpha value is -4.55. The topological polar surface area (TPSA) is 79.4 Å². The van der Waals surface area contributed by atoms with Crippen molar-refractivity contribution in [2.45, 2.75) is 24.4 Å². The van der Waals surface area contributed by atoms with Gasteiger partial charge in [-0.1, -0.05) is 59.6 Å². The molecule has 1 N–H and O–H groups in total. The van der Waals surface area contributed by atoms with Crippen LogP contribution in [0.25, 0.3) is 6.08 Å². The fourth-order valence-electron chi connectivity index (χ4n) is 6.75. The number of aryl methyl sites for hydroxylation is 1. The number of benzene rings is 3. The van der Waals surface area contributed by atoms with E-state index in [0.29, 0.717) is 21.8 Å². The van der Waals surface area contributed by atoms with Gasteiger partial charge in [0.2, 0.25) is 5.91 Å². The number of anilines is 2. The van der Waals surface area contributed by atoms with E-state index in [-0.39, 0.29) is 23.2 Å². The molecule has 0 aliphatic carbocycles. The zero-order valence-corrected chi connectivity index (χ0v) is 22.3. The highest BCUT2D eigenvalue weighted by Crippen LogP contribution is 2.58. The predicted octanol–water partition coefficient (Wildman–Crippen LogP) is 5.90. The number of Topliss-reactive ketones (excluding diaryl/α,β-unsaturated/α-hetero) is 2. The van der Waals surface area contributed by atoms with Crippen molar-refractivity contribution in [1.82, 2.24) is 4.98 Å². The number of pyridine rings is 1. The summed E-state index contributed by atoms with van der Waals surface area (Å²) in [5.41, 5.74) is 3.42. The Morgan fingerprint density at radius 3 is 2.50 bits per heavy atom. The van der Waals surface area contributed by atoms with Crippen molar-refractivity contribution >= 4 is 46.5 Å². The summed E-state index contributed by atoms with van der Waals surface area (Å²) in [5, 5.41) is 3.54. The van der Waals surface area contributed by atoms with Gasteiger partial charge in [0, 0.05) is 28.2 Å². The Morgan fingerprint density at radius 1 is 0.950 bits per heavy atom. The van der Waals surface area contributed by atoms with Crippen LogP contribution in [0.4, 0.5) is 11.4 Å². The first-order valence-electron chi connectivity index (χ1n) is 13.1. The Labute approximate surface area is 236 Å². The summed E-state index contributed by atoms with van der Waals surface area (Å²) in [6.07, 6.45) is 5.52. The molecule has 3 aliphatic rings. The summed E-state index contributed by atoms with van der Waals surface area (Å²) >= 11 is 6.16. The first-order chi connectivity index (χ1) is 19.4. The molecule has 1 aromatic heterocycles. The summed E-state index contributed by atoms with van der Waals surface area (Å²) < 4.78 is 0. The van der Waals surface area contributed by atoms with Crippen LogP contribution >= 0.6 is 11.6 Å². The van der Waals surface area contributed by atoms with Gasteiger partial charge in [-0.05, 0) is 72.6 Å². The summed E-state index contributed by atoms with van der Waals surface area (Å²) in [4.78, 5) is 49.8. The second-order valence-electron chi connectivity index (χ2n) is 10.5. The number of carbonyl (C=O) groups is 3. The minimum absolute atomic E-state index is 0.214. The monoisotopic (exact) mass is 545 g/mol. The number of nitrogens with one attached hydrogen (secondary N) is 1. The van der Waals surface area contributed by atoms with Gasteiger partial charge in [0.15, 0.2) is 11.6 Å². The molecule has 4 aromatic rings. The molecule has 4 atom stereocenters. The molecular weight excluding hydrogens is 522 g/mol. The van der Waals surface area contributed by atoms with Crippen LogP contribution in [-0.4, -0.2) is 34.5 Å². The van der Waals surface area contributed by atoms with Gasteiger partial charge in [-0.25, -0.2) is 0 Å². The van der Waals surface area contributed by atoms with E-state index in [1.807, 2.05) is 60.4 Å². The van der Waals surface area contributed by atoms with Crippen LogP contribution in [0.15, 0.2) is 97.2 Å². The standard InChI is InChI=1S/C33H24ClN3O3/c1-19-9-15-26-21(18-19)12-16-27-33(23-6-2-3-7-24(23)36-32(33)40)28(31(39)25-8-4-5-17-35-25)29(37(26)27)30(38)20-10-13-22(34)14-11-20/h2-18,27-29H,1H3,(H,36,40)/t27-,28-,29-,33-/m0/s1. The number of para-hydroxylation sites is 1. The average molecular weight is 546 g/mol. The van der Waals surface area contributed by atoms with Crippen LogP contribution in [-0.2, 0) is 10.2 Å². The number of amides is 1. The SMILES string of the molecule is Cc1ccc2c(c1)C=C[C@@H]1N2[C@H](C(=O)c2ccc(Cl)cc2)[C@@H](C(=O)c2ccccn2)[C@@]12C(=O)Nc1ccccc12. The number of halogens is 1. The molecule has 0 radical (unpaired) electrons. The van der Waals surface area contributed by atoms with E-state index in [1.165, 1.54) is 0 Å². The van der Waals surface area contributed by atoms with Crippen molar-refractivity contribution in [1.29, 1.82) is 0 Å². The molecule has 3 aromatic carbocycles. The van der Waals surface area contributed by atoms with E-state index in [9.17, 15) is 14.4 Å². The number of nitrogens with zero attached hydrogens (tertiary/aromatic N) is 2. The van der Waals surface area contributed by atoms with Gasteiger partial charge in [-0.15, -0.1) is 0 Å². The Kier molecular flexibility index (Phi) is 5.51. The Morgan fingerprint density at radius 2 is 1.73 bits per heavy atom. The first kappa shape index (κ1) is 24.5. The second kappa shape index (κ2) is 9.00. The molecule has 3 aliphatic heterocycles. The lowest BCUT2D eigenvalue weighted by atomic mass is 9.64. The zero-order valence-electron chi connectivity index (χ0n) is 21.5. The van der Waals surface area contributed by atoms with Crippen molar-refractivity contribution in [3.8, 4) is 0 Å². The first-order valence-corrected chi connectivity index (χ1v) is 13.5. The van der Waals surface area contributed by atoms with E-state index in [0.717, 1.165) is 16.8 Å². The second-order valence-corrected chi connectivity index (χ2v) is 11.0.